The van der Waals surface area contributed by atoms with Gasteiger partial charge in [-0.2, -0.15) is 0 Å². The molecule has 1 saturated heterocycles. The fourth-order valence-electron chi connectivity index (χ4n) is 3.37. The Morgan fingerprint density at radius 1 is 1.08 bits per heavy atom. The van der Waals surface area contributed by atoms with E-state index in [4.69, 9.17) is 9.47 Å². The molecule has 1 heterocycles. The van der Waals surface area contributed by atoms with Gasteiger partial charge in [-0.1, -0.05) is 29.8 Å². The van der Waals surface area contributed by atoms with Crippen molar-refractivity contribution in [1.82, 2.24) is 4.90 Å². The predicted molar refractivity (Wildman–Crippen MR) is 93.7 cm³/mol. The van der Waals surface area contributed by atoms with Gasteiger partial charge >= 0.3 is 0 Å². The van der Waals surface area contributed by atoms with Gasteiger partial charge in [0, 0.05) is 12.1 Å². The average Bonchev–Trinajstić information content (AvgIpc) is 3.10. The van der Waals surface area contributed by atoms with Crippen LogP contribution in [0.3, 0.4) is 0 Å². The third kappa shape index (κ3) is 3.09. The normalized spacial score (nSPS) is 17.0. The molecule has 1 amide bonds. The summed E-state index contributed by atoms with van der Waals surface area (Å²) in [5.74, 6) is 1.25. The number of likely N-dealkylation sites (tertiary alicyclic amines) is 1. The lowest BCUT2D eigenvalue weighted by molar-refractivity contribution is 0.0735. The topological polar surface area (TPSA) is 38.8 Å². The first-order valence-electron chi connectivity index (χ1n) is 8.23. The Morgan fingerprint density at radius 3 is 2.58 bits per heavy atom. The van der Waals surface area contributed by atoms with Gasteiger partial charge in [-0.15, -0.1) is 0 Å². The van der Waals surface area contributed by atoms with Crippen molar-refractivity contribution < 1.29 is 14.3 Å². The SMILES string of the molecule is COc1ccc(C(=O)N2CCC[C@H]2c2cccc(C)c2)cc1OC. The Kier molecular flexibility index (Phi) is 4.74. The van der Waals surface area contributed by atoms with Crippen LogP contribution in [0, 0.1) is 6.92 Å². The molecule has 0 N–H and O–H groups in total. The van der Waals surface area contributed by atoms with E-state index >= 15 is 0 Å². The van der Waals surface area contributed by atoms with Crippen LogP contribution in [-0.4, -0.2) is 31.6 Å². The molecule has 2 aromatic carbocycles. The van der Waals surface area contributed by atoms with Gasteiger partial charge in [0.15, 0.2) is 11.5 Å². The maximum absolute atomic E-state index is 13.0. The van der Waals surface area contributed by atoms with Gasteiger partial charge in [-0.3, -0.25) is 4.79 Å². The number of hydrogen-bond donors (Lipinski definition) is 0. The number of carbonyl (C=O) groups is 1. The van der Waals surface area contributed by atoms with Crippen LogP contribution in [0.25, 0.3) is 0 Å². The molecular weight excluding hydrogens is 302 g/mol. The van der Waals surface area contributed by atoms with Crippen molar-refractivity contribution in [3.05, 3.63) is 59.2 Å². The predicted octanol–water partition coefficient (Wildman–Crippen LogP) is 3.99. The number of ether oxygens (including phenoxy) is 2. The second kappa shape index (κ2) is 6.95. The van der Waals surface area contributed by atoms with Gasteiger partial charge < -0.3 is 14.4 Å². The molecule has 0 unspecified atom stereocenters. The molecule has 1 aliphatic rings. The van der Waals surface area contributed by atoms with E-state index in [9.17, 15) is 4.79 Å². The summed E-state index contributed by atoms with van der Waals surface area (Å²) < 4.78 is 10.6. The Labute approximate surface area is 143 Å². The number of benzene rings is 2. The van der Waals surface area contributed by atoms with Crippen LogP contribution in [0.15, 0.2) is 42.5 Å². The highest BCUT2D eigenvalue weighted by Gasteiger charge is 2.31. The third-order valence-electron chi connectivity index (χ3n) is 4.57. The minimum absolute atomic E-state index is 0.0416. The first-order valence-corrected chi connectivity index (χ1v) is 8.23. The molecule has 4 heteroatoms. The van der Waals surface area contributed by atoms with Crippen molar-refractivity contribution in [2.24, 2.45) is 0 Å². The zero-order valence-electron chi connectivity index (χ0n) is 14.4. The highest BCUT2D eigenvalue weighted by atomic mass is 16.5. The summed E-state index contributed by atoms with van der Waals surface area (Å²) in [5.41, 5.74) is 3.06. The van der Waals surface area contributed by atoms with Crippen molar-refractivity contribution in [2.45, 2.75) is 25.8 Å². The lowest BCUT2D eigenvalue weighted by atomic mass is 10.0. The van der Waals surface area contributed by atoms with Gasteiger partial charge in [-0.25, -0.2) is 0 Å². The van der Waals surface area contributed by atoms with Gasteiger partial charge in [0.1, 0.15) is 0 Å². The van der Waals surface area contributed by atoms with E-state index < -0.39 is 0 Å². The van der Waals surface area contributed by atoms with Crippen molar-refractivity contribution in [1.29, 1.82) is 0 Å². The second-order valence-electron chi connectivity index (χ2n) is 6.14. The molecule has 1 atom stereocenters. The van der Waals surface area contributed by atoms with E-state index in [1.807, 2.05) is 4.90 Å². The van der Waals surface area contributed by atoms with Crippen LogP contribution in [0.4, 0.5) is 0 Å². The molecule has 126 valence electrons. The minimum Gasteiger partial charge on any atom is -0.493 e. The fourth-order valence-corrected chi connectivity index (χ4v) is 3.37. The van der Waals surface area contributed by atoms with Gasteiger partial charge in [-0.05, 0) is 43.5 Å². The first-order chi connectivity index (χ1) is 11.6. The van der Waals surface area contributed by atoms with Crippen molar-refractivity contribution >= 4 is 5.91 Å². The van der Waals surface area contributed by atoms with Crippen molar-refractivity contribution in [2.75, 3.05) is 20.8 Å². The Morgan fingerprint density at radius 2 is 1.88 bits per heavy atom. The molecular formula is C20H23NO3. The number of nitrogens with zero attached hydrogens (tertiary/aromatic N) is 1. The number of hydrogen-bond acceptors (Lipinski definition) is 3. The molecule has 0 radical (unpaired) electrons. The molecule has 0 aromatic heterocycles. The Bertz CT molecular complexity index is 741. The van der Waals surface area contributed by atoms with Crippen LogP contribution in [-0.2, 0) is 0 Å². The molecule has 0 bridgehead atoms. The third-order valence-corrected chi connectivity index (χ3v) is 4.57. The standard InChI is InChI=1S/C20H23NO3/c1-14-6-4-7-15(12-14)17-8-5-11-21(17)20(22)16-9-10-18(23-2)19(13-16)24-3/h4,6-7,9-10,12-13,17H,5,8,11H2,1-3H3/t17-/m0/s1. The molecule has 0 spiro atoms. The highest BCUT2D eigenvalue weighted by molar-refractivity contribution is 5.95. The summed E-state index contributed by atoms with van der Waals surface area (Å²) >= 11 is 0. The number of amides is 1. The van der Waals surface area contributed by atoms with E-state index in [-0.39, 0.29) is 11.9 Å². The largest absolute Gasteiger partial charge is 0.493 e. The van der Waals surface area contributed by atoms with Gasteiger partial charge in [0.05, 0.1) is 20.3 Å². The Hall–Kier alpha value is -2.49. The minimum atomic E-state index is 0.0416. The number of rotatable bonds is 4. The quantitative estimate of drug-likeness (QED) is 0.853. The maximum atomic E-state index is 13.0. The number of carbonyl (C=O) groups excluding carboxylic acids is 1. The molecule has 0 aliphatic carbocycles. The van der Waals surface area contributed by atoms with E-state index in [1.165, 1.54) is 11.1 Å². The van der Waals surface area contributed by atoms with Crippen LogP contribution < -0.4 is 9.47 Å². The van der Waals surface area contributed by atoms with Crippen LogP contribution in [0.5, 0.6) is 11.5 Å². The summed E-state index contributed by atoms with van der Waals surface area (Å²) in [6.07, 6.45) is 2.03. The highest BCUT2D eigenvalue weighted by Crippen LogP contribution is 2.35. The molecule has 24 heavy (non-hydrogen) atoms. The van der Waals surface area contributed by atoms with Crippen LogP contribution in [0.1, 0.15) is 40.4 Å². The lowest BCUT2D eigenvalue weighted by Gasteiger charge is -2.25. The molecule has 4 nitrogen and oxygen atoms in total. The van der Waals surface area contributed by atoms with E-state index in [1.54, 1.807) is 32.4 Å². The summed E-state index contributed by atoms with van der Waals surface area (Å²) in [7, 11) is 3.17. The van der Waals surface area contributed by atoms with E-state index in [0.717, 1.165) is 19.4 Å². The Balaban J connectivity index is 1.88. The monoisotopic (exact) mass is 325 g/mol. The number of aryl methyl sites for hydroxylation is 1. The van der Waals surface area contributed by atoms with Gasteiger partial charge in [0.2, 0.25) is 0 Å². The van der Waals surface area contributed by atoms with Crippen molar-refractivity contribution in [3.63, 3.8) is 0 Å². The molecule has 2 aromatic rings. The molecule has 1 aliphatic heterocycles. The fraction of sp³-hybridized carbons (Fsp3) is 0.350. The second-order valence-corrected chi connectivity index (χ2v) is 6.14. The van der Waals surface area contributed by atoms with E-state index in [0.29, 0.717) is 17.1 Å². The number of methoxy groups -OCH3 is 2. The van der Waals surface area contributed by atoms with Gasteiger partial charge in [0.25, 0.3) is 5.91 Å². The first kappa shape index (κ1) is 16.4. The molecule has 1 fully saturated rings. The smallest absolute Gasteiger partial charge is 0.254 e. The molecule has 0 saturated carbocycles. The lowest BCUT2D eigenvalue weighted by Crippen LogP contribution is -2.30. The van der Waals surface area contributed by atoms with Crippen LogP contribution >= 0.6 is 0 Å². The van der Waals surface area contributed by atoms with Crippen molar-refractivity contribution in [3.8, 4) is 11.5 Å². The summed E-state index contributed by atoms with van der Waals surface area (Å²) in [4.78, 5) is 15.0. The summed E-state index contributed by atoms with van der Waals surface area (Å²) in [6, 6.07) is 13.9. The summed E-state index contributed by atoms with van der Waals surface area (Å²) in [6.45, 7) is 2.87. The zero-order chi connectivity index (χ0) is 17.1. The van der Waals surface area contributed by atoms with E-state index in [2.05, 4.69) is 31.2 Å². The maximum Gasteiger partial charge on any atom is 0.254 e. The average molecular weight is 325 g/mol. The summed E-state index contributed by atoms with van der Waals surface area (Å²) in [5, 5.41) is 0. The van der Waals surface area contributed by atoms with Crippen LogP contribution in [0.2, 0.25) is 0 Å². The zero-order valence-corrected chi connectivity index (χ0v) is 14.4. The molecule has 3 rings (SSSR count).